The summed E-state index contributed by atoms with van der Waals surface area (Å²) >= 11 is 0. The molecule has 2 heteroatoms. The number of halogens is 1. The Hall–Kier alpha value is -1.96. The fraction of sp³-hybridized carbons (Fsp3) is 0.235. The summed E-state index contributed by atoms with van der Waals surface area (Å²) in [6, 6.07) is 12.3. The molecule has 0 aliphatic carbocycles. The average molecular weight is 256 g/mol. The van der Waals surface area contributed by atoms with Gasteiger partial charge in [-0.2, -0.15) is 0 Å². The Balaban J connectivity index is 2.07. The zero-order valence-corrected chi connectivity index (χ0v) is 11.2. The second kappa shape index (κ2) is 5.79. The Morgan fingerprint density at radius 3 is 2.63 bits per heavy atom. The standard InChI is InChI=1S/C17H17FO/c1-12-6-7-13(2)16(10-12)17(19)9-8-14-4-3-5-15(18)11-14/h3-7,10-11H,8-9H2,1-2H3. The zero-order chi connectivity index (χ0) is 13.8. The summed E-state index contributed by atoms with van der Waals surface area (Å²) in [5.41, 5.74) is 3.71. The molecule has 0 saturated heterocycles. The predicted octanol–water partition coefficient (Wildman–Crippen LogP) is 4.26. The van der Waals surface area contributed by atoms with E-state index in [9.17, 15) is 9.18 Å². The maximum atomic E-state index is 13.0. The maximum absolute atomic E-state index is 13.0. The number of Topliss-reactive ketones (excluding diaryl/α,β-unsaturated/α-hetero) is 1. The molecule has 0 atom stereocenters. The second-order valence-electron chi connectivity index (χ2n) is 4.87. The first-order valence-electron chi connectivity index (χ1n) is 6.41. The molecule has 0 bridgehead atoms. The summed E-state index contributed by atoms with van der Waals surface area (Å²) in [4.78, 5) is 12.2. The lowest BCUT2D eigenvalue weighted by molar-refractivity contribution is 0.0982. The van der Waals surface area contributed by atoms with Crippen LogP contribution >= 0.6 is 0 Å². The molecule has 2 aromatic rings. The molecule has 2 aromatic carbocycles. The first-order valence-corrected chi connectivity index (χ1v) is 6.41. The minimum Gasteiger partial charge on any atom is -0.294 e. The molecule has 0 radical (unpaired) electrons. The molecule has 0 fully saturated rings. The van der Waals surface area contributed by atoms with E-state index in [1.807, 2.05) is 38.1 Å². The molecule has 98 valence electrons. The van der Waals surface area contributed by atoms with Crippen molar-refractivity contribution in [3.05, 3.63) is 70.5 Å². The summed E-state index contributed by atoms with van der Waals surface area (Å²) in [7, 11) is 0. The summed E-state index contributed by atoms with van der Waals surface area (Å²) < 4.78 is 13.0. The first kappa shape index (κ1) is 13.5. The lowest BCUT2D eigenvalue weighted by Crippen LogP contribution is -2.04. The van der Waals surface area contributed by atoms with Crippen LogP contribution in [-0.2, 0) is 6.42 Å². The van der Waals surface area contributed by atoms with Crippen LogP contribution in [0.2, 0.25) is 0 Å². The number of rotatable bonds is 4. The van der Waals surface area contributed by atoms with Gasteiger partial charge in [-0.1, -0.05) is 29.8 Å². The van der Waals surface area contributed by atoms with Gasteiger partial charge in [0.15, 0.2) is 5.78 Å². The minimum absolute atomic E-state index is 0.116. The summed E-state index contributed by atoms with van der Waals surface area (Å²) in [6.07, 6.45) is 0.984. The van der Waals surface area contributed by atoms with E-state index < -0.39 is 0 Å². The quantitative estimate of drug-likeness (QED) is 0.747. The highest BCUT2D eigenvalue weighted by Gasteiger charge is 2.09. The van der Waals surface area contributed by atoms with Crippen molar-refractivity contribution in [3.8, 4) is 0 Å². The Bertz CT molecular complexity index is 602. The molecule has 0 aliphatic heterocycles. The summed E-state index contributed by atoms with van der Waals surface area (Å²) in [5, 5.41) is 0. The van der Waals surface area contributed by atoms with Crippen LogP contribution in [0.1, 0.15) is 33.5 Å². The molecule has 0 unspecified atom stereocenters. The predicted molar refractivity (Wildman–Crippen MR) is 75.0 cm³/mol. The van der Waals surface area contributed by atoms with Gasteiger partial charge in [0.25, 0.3) is 0 Å². The molecule has 19 heavy (non-hydrogen) atoms. The van der Waals surface area contributed by atoms with Crippen molar-refractivity contribution in [1.82, 2.24) is 0 Å². The van der Waals surface area contributed by atoms with E-state index in [4.69, 9.17) is 0 Å². The number of benzene rings is 2. The van der Waals surface area contributed by atoms with Crippen LogP contribution < -0.4 is 0 Å². The zero-order valence-electron chi connectivity index (χ0n) is 11.2. The number of carbonyl (C=O) groups excluding carboxylic acids is 1. The fourth-order valence-corrected chi connectivity index (χ4v) is 2.12. The van der Waals surface area contributed by atoms with Crippen LogP contribution in [0.5, 0.6) is 0 Å². The molecule has 0 aromatic heterocycles. The summed E-state index contributed by atoms with van der Waals surface area (Å²) in [6.45, 7) is 3.91. The topological polar surface area (TPSA) is 17.1 Å². The second-order valence-corrected chi connectivity index (χ2v) is 4.87. The number of ketones is 1. The highest BCUT2D eigenvalue weighted by Crippen LogP contribution is 2.15. The fourth-order valence-electron chi connectivity index (χ4n) is 2.12. The lowest BCUT2D eigenvalue weighted by Gasteiger charge is -2.06. The van der Waals surface area contributed by atoms with Crippen LogP contribution in [0.4, 0.5) is 4.39 Å². The van der Waals surface area contributed by atoms with Crippen molar-refractivity contribution < 1.29 is 9.18 Å². The SMILES string of the molecule is Cc1ccc(C)c(C(=O)CCc2cccc(F)c2)c1. The van der Waals surface area contributed by atoms with E-state index in [-0.39, 0.29) is 11.6 Å². The largest absolute Gasteiger partial charge is 0.294 e. The Morgan fingerprint density at radius 1 is 1.11 bits per heavy atom. The van der Waals surface area contributed by atoms with E-state index in [2.05, 4.69) is 0 Å². The van der Waals surface area contributed by atoms with E-state index in [0.29, 0.717) is 12.8 Å². The van der Waals surface area contributed by atoms with Gasteiger partial charge in [0.1, 0.15) is 5.82 Å². The third-order valence-corrected chi connectivity index (χ3v) is 3.22. The van der Waals surface area contributed by atoms with Gasteiger partial charge in [-0.25, -0.2) is 4.39 Å². The smallest absolute Gasteiger partial charge is 0.163 e. The minimum atomic E-state index is -0.253. The van der Waals surface area contributed by atoms with Gasteiger partial charge in [0.05, 0.1) is 0 Å². The highest BCUT2D eigenvalue weighted by molar-refractivity contribution is 5.97. The van der Waals surface area contributed by atoms with Gasteiger partial charge < -0.3 is 0 Å². The monoisotopic (exact) mass is 256 g/mol. The van der Waals surface area contributed by atoms with Crippen molar-refractivity contribution in [1.29, 1.82) is 0 Å². The van der Waals surface area contributed by atoms with Crippen LogP contribution in [0.3, 0.4) is 0 Å². The average Bonchev–Trinajstić information content (AvgIpc) is 2.39. The van der Waals surface area contributed by atoms with Crippen LogP contribution in [0.15, 0.2) is 42.5 Å². The van der Waals surface area contributed by atoms with Gasteiger partial charge in [-0.05, 0) is 49.6 Å². The molecule has 1 nitrogen and oxygen atoms in total. The highest BCUT2D eigenvalue weighted by atomic mass is 19.1. The van der Waals surface area contributed by atoms with Crippen LogP contribution in [-0.4, -0.2) is 5.78 Å². The van der Waals surface area contributed by atoms with Gasteiger partial charge in [-0.15, -0.1) is 0 Å². The molecule has 0 N–H and O–H groups in total. The van der Waals surface area contributed by atoms with Crippen molar-refractivity contribution in [2.75, 3.05) is 0 Å². The van der Waals surface area contributed by atoms with Crippen LogP contribution in [0, 0.1) is 19.7 Å². The summed E-state index contributed by atoms with van der Waals surface area (Å²) in [5.74, 6) is -0.137. The maximum Gasteiger partial charge on any atom is 0.163 e. The van der Waals surface area contributed by atoms with E-state index in [0.717, 1.165) is 22.3 Å². The number of aryl methyl sites for hydroxylation is 3. The van der Waals surface area contributed by atoms with E-state index in [1.54, 1.807) is 6.07 Å². The van der Waals surface area contributed by atoms with Crippen molar-refractivity contribution in [2.45, 2.75) is 26.7 Å². The van der Waals surface area contributed by atoms with E-state index >= 15 is 0 Å². The van der Waals surface area contributed by atoms with E-state index in [1.165, 1.54) is 12.1 Å². The molecule has 0 amide bonds. The molecule has 0 spiro atoms. The Kier molecular flexibility index (Phi) is 4.10. The molecule has 0 aliphatic rings. The molecular weight excluding hydrogens is 239 g/mol. The number of hydrogen-bond acceptors (Lipinski definition) is 1. The third-order valence-electron chi connectivity index (χ3n) is 3.22. The van der Waals surface area contributed by atoms with Crippen LogP contribution in [0.25, 0.3) is 0 Å². The lowest BCUT2D eigenvalue weighted by atomic mass is 9.97. The van der Waals surface area contributed by atoms with Gasteiger partial charge in [0.2, 0.25) is 0 Å². The molecule has 0 saturated carbocycles. The Labute approximate surface area is 113 Å². The molecular formula is C17H17FO. The van der Waals surface area contributed by atoms with Gasteiger partial charge in [-0.3, -0.25) is 4.79 Å². The van der Waals surface area contributed by atoms with Crippen molar-refractivity contribution in [2.24, 2.45) is 0 Å². The van der Waals surface area contributed by atoms with Gasteiger partial charge >= 0.3 is 0 Å². The van der Waals surface area contributed by atoms with Gasteiger partial charge in [0, 0.05) is 12.0 Å². The van der Waals surface area contributed by atoms with Crippen molar-refractivity contribution in [3.63, 3.8) is 0 Å². The first-order chi connectivity index (χ1) is 9.06. The van der Waals surface area contributed by atoms with Crippen molar-refractivity contribution >= 4 is 5.78 Å². The third kappa shape index (κ3) is 3.50. The number of hydrogen-bond donors (Lipinski definition) is 0. The normalized spacial score (nSPS) is 10.5. The molecule has 2 rings (SSSR count). The number of carbonyl (C=O) groups is 1. The Morgan fingerprint density at radius 2 is 1.89 bits per heavy atom. The molecule has 0 heterocycles.